The Hall–Kier alpha value is -1.35. The van der Waals surface area contributed by atoms with E-state index in [9.17, 15) is 9.59 Å². The molecule has 0 fully saturated rings. The third kappa shape index (κ3) is 2.57. The molecule has 1 aromatic carbocycles. The van der Waals surface area contributed by atoms with Crippen molar-refractivity contribution in [3.8, 4) is 0 Å². The van der Waals surface area contributed by atoms with Gasteiger partial charge in [0, 0.05) is 17.5 Å². The summed E-state index contributed by atoms with van der Waals surface area (Å²) in [6.07, 6.45) is 0.379. The minimum atomic E-state index is -0.558. The molecule has 76 valence electrons. The molecule has 0 unspecified atom stereocenters. The van der Waals surface area contributed by atoms with Crippen molar-refractivity contribution < 1.29 is 9.59 Å². The fourth-order valence-corrected chi connectivity index (χ4v) is 1.13. The van der Waals surface area contributed by atoms with Crippen molar-refractivity contribution in [2.45, 2.75) is 13.3 Å². The van der Waals surface area contributed by atoms with E-state index in [4.69, 9.17) is 5.73 Å². The molecule has 0 saturated heterocycles. The molecule has 1 rings (SSSR count). The zero-order valence-corrected chi connectivity index (χ0v) is 8.64. The topological polar surface area (TPSA) is 60.2 Å². The minimum absolute atomic E-state index is 0. The van der Waals surface area contributed by atoms with Crippen LogP contribution >= 0.6 is 12.4 Å². The number of nitrogens with two attached hydrogens (primary N) is 1. The standard InChI is InChI=1S/C10H11NO2.ClH/c1-2-9(12)7-5-3-4-6-8(7)10(11)13;/h3-6H,2H2,1H3,(H2,11,13);1H. The molecule has 1 amide bonds. The quantitative estimate of drug-likeness (QED) is 0.779. The van der Waals surface area contributed by atoms with E-state index >= 15 is 0 Å². The third-order valence-electron chi connectivity index (χ3n) is 1.81. The van der Waals surface area contributed by atoms with E-state index < -0.39 is 5.91 Å². The maximum Gasteiger partial charge on any atom is 0.249 e. The number of halogens is 1. The van der Waals surface area contributed by atoms with Gasteiger partial charge in [-0.15, -0.1) is 12.4 Å². The summed E-state index contributed by atoms with van der Waals surface area (Å²) >= 11 is 0. The van der Waals surface area contributed by atoms with Gasteiger partial charge in [-0.2, -0.15) is 0 Å². The summed E-state index contributed by atoms with van der Waals surface area (Å²) in [5, 5.41) is 0. The van der Waals surface area contributed by atoms with Crippen LogP contribution in [0.4, 0.5) is 0 Å². The molecular formula is C10H12ClNO2. The van der Waals surface area contributed by atoms with Gasteiger partial charge in [-0.25, -0.2) is 0 Å². The second-order valence-corrected chi connectivity index (χ2v) is 2.69. The number of primary amides is 1. The largest absolute Gasteiger partial charge is 0.366 e. The Labute approximate surface area is 88.7 Å². The molecule has 0 atom stereocenters. The maximum absolute atomic E-state index is 11.3. The number of hydrogen-bond donors (Lipinski definition) is 1. The fraction of sp³-hybridized carbons (Fsp3) is 0.200. The molecule has 0 aliphatic heterocycles. The Kier molecular flexibility index (Phi) is 4.87. The lowest BCUT2D eigenvalue weighted by molar-refractivity contribution is 0.0961. The fourth-order valence-electron chi connectivity index (χ4n) is 1.13. The van der Waals surface area contributed by atoms with Gasteiger partial charge in [0.2, 0.25) is 5.91 Å². The first-order valence-electron chi connectivity index (χ1n) is 4.08. The van der Waals surface area contributed by atoms with Gasteiger partial charge in [-0.1, -0.05) is 25.1 Å². The number of carbonyl (C=O) groups is 2. The van der Waals surface area contributed by atoms with E-state index in [2.05, 4.69) is 0 Å². The third-order valence-corrected chi connectivity index (χ3v) is 1.81. The molecule has 0 saturated carbocycles. The minimum Gasteiger partial charge on any atom is -0.366 e. The summed E-state index contributed by atoms with van der Waals surface area (Å²) in [4.78, 5) is 22.2. The van der Waals surface area contributed by atoms with Crippen LogP contribution in [0.25, 0.3) is 0 Å². The smallest absolute Gasteiger partial charge is 0.249 e. The number of benzene rings is 1. The maximum atomic E-state index is 11.3. The highest BCUT2D eigenvalue weighted by atomic mass is 35.5. The summed E-state index contributed by atoms with van der Waals surface area (Å²) < 4.78 is 0. The predicted molar refractivity (Wildman–Crippen MR) is 56.8 cm³/mol. The lowest BCUT2D eigenvalue weighted by Crippen LogP contribution is -2.15. The zero-order chi connectivity index (χ0) is 9.84. The molecule has 0 aliphatic rings. The molecule has 2 N–H and O–H groups in total. The molecule has 0 bridgehead atoms. The highest BCUT2D eigenvalue weighted by Gasteiger charge is 2.11. The van der Waals surface area contributed by atoms with Crippen molar-refractivity contribution in [3.63, 3.8) is 0 Å². The van der Waals surface area contributed by atoms with Crippen LogP contribution in [0.15, 0.2) is 24.3 Å². The summed E-state index contributed by atoms with van der Waals surface area (Å²) in [6.45, 7) is 1.75. The summed E-state index contributed by atoms with van der Waals surface area (Å²) in [5.41, 5.74) is 5.83. The molecule has 0 heterocycles. The van der Waals surface area contributed by atoms with Crippen molar-refractivity contribution in [1.29, 1.82) is 0 Å². The number of amides is 1. The van der Waals surface area contributed by atoms with Crippen molar-refractivity contribution in [3.05, 3.63) is 35.4 Å². The first-order valence-corrected chi connectivity index (χ1v) is 4.08. The van der Waals surface area contributed by atoms with Crippen LogP contribution in [0.2, 0.25) is 0 Å². The molecule has 0 aliphatic carbocycles. The molecule has 0 aromatic heterocycles. The first-order chi connectivity index (χ1) is 6.16. The molecule has 3 nitrogen and oxygen atoms in total. The lowest BCUT2D eigenvalue weighted by Gasteiger charge is -2.02. The van der Waals surface area contributed by atoms with Crippen molar-refractivity contribution >= 4 is 24.1 Å². The van der Waals surface area contributed by atoms with Gasteiger partial charge in [0.25, 0.3) is 0 Å². The number of hydrogen-bond acceptors (Lipinski definition) is 2. The van der Waals surface area contributed by atoms with E-state index in [1.165, 1.54) is 0 Å². The monoisotopic (exact) mass is 213 g/mol. The average molecular weight is 214 g/mol. The van der Waals surface area contributed by atoms with Crippen molar-refractivity contribution in [2.75, 3.05) is 0 Å². The second kappa shape index (κ2) is 5.40. The predicted octanol–water partition coefficient (Wildman–Crippen LogP) is 1.80. The van der Waals surface area contributed by atoms with Crippen LogP contribution in [0, 0.1) is 0 Å². The van der Waals surface area contributed by atoms with Crippen molar-refractivity contribution in [2.24, 2.45) is 5.73 Å². The molecule has 0 radical (unpaired) electrons. The second-order valence-electron chi connectivity index (χ2n) is 2.69. The van der Waals surface area contributed by atoms with Gasteiger partial charge in [0.05, 0.1) is 0 Å². The van der Waals surface area contributed by atoms with Crippen molar-refractivity contribution in [1.82, 2.24) is 0 Å². The van der Waals surface area contributed by atoms with E-state index in [0.717, 1.165) is 0 Å². The van der Waals surface area contributed by atoms with E-state index in [-0.39, 0.29) is 18.2 Å². The Morgan fingerprint density at radius 1 is 1.21 bits per heavy atom. The van der Waals surface area contributed by atoms with Crippen LogP contribution < -0.4 is 5.73 Å². The average Bonchev–Trinajstić information content (AvgIpc) is 2.16. The Balaban J connectivity index is 0.00000169. The van der Waals surface area contributed by atoms with Gasteiger partial charge in [0.1, 0.15) is 0 Å². The van der Waals surface area contributed by atoms with Gasteiger partial charge in [0.15, 0.2) is 5.78 Å². The molecule has 1 aromatic rings. The summed E-state index contributed by atoms with van der Waals surface area (Å²) in [6, 6.07) is 6.58. The number of rotatable bonds is 3. The van der Waals surface area contributed by atoms with Gasteiger partial charge < -0.3 is 5.73 Å². The van der Waals surface area contributed by atoms with Gasteiger partial charge >= 0.3 is 0 Å². The summed E-state index contributed by atoms with van der Waals surface area (Å²) in [5.74, 6) is -0.619. The Bertz CT molecular complexity index is 350. The first kappa shape index (κ1) is 12.7. The van der Waals surface area contributed by atoms with Crippen LogP contribution in [0.5, 0.6) is 0 Å². The number of carbonyl (C=O) groups excluding carboxylic acids is 2. The van der Waals surface area contributed by atoms with Crippen LogP contribution in [0.3, 0.4) is 0 Å². The van der Waals surface area contributed by atoms with E-state index in [0.29, 0.717) is 17.5 Å². The zero-order valence-electron chi connectivity index (χ0n) is 7.82. The molecule has 4 heteroatoms. The van der Waals surface area contributed by atoms with Crippen LogP contribution in [0.1, 0.15) is 34.1 Å². The van der Waals surface area contributed by atoms with E-state index in [1.54, 1.807) is 31.2 Å². The molecular weight excluding hydrogens is 202 g/mol. The Morgan fingerprint density at radius 2 is 1.71 bits per heavy atom. The van der Waals surface area contributed by atoms with Crippen LogP contribution in [-0.4, -0.2) is 11.7 Å². The SMILES string of the molecule is CCC(=O)c1ccccc1C(N)=O.Cl. The highest BCUT2D eigenvalue weighted by Crippen LogP contribution is 2.10. The Morgan fingerprint density at radius 3 is 2.14 bits per heavy atom. The van der Waals surface area contributed by atoms with Crippen LogP contribution in [-0.2, 0) is 0 Å². The normalized spacial score (nSPS) is 8.93. The number of ketones is 1. The number of Topliss-reactive ketones (excluding diaryl/α,β-unsaturated/α-hetero) is 1. The van der Waals surface area contributed by atoms with E-state index in [1.807, 2.05) is 0 Å². The molecule has 0 spiro atoms. The van der Waals surface area contributed by atoms with Gasteiger partial charge in [-0.05, 0) is 6.07 Å². The lowest BCUT2D eigenvalue weighted by atomic mass is 10.0. The summed E-state index contributed by atoms with van der Waals surface area (Å²) in [7, 11) is 0. The molecule has 14 heavy (non-hydrogen) atoms. The van der Waals surface area contributed by atoms with Gasteiger partial charge in [-0.3, -0.25) is 9.59 Å². The highest BCUT2D eigenvalue weighted by molar-refractivity contribution is 6.07.